The smallest absolute Gasteiger partial charge is 0.325 e. The number of fused-ring (bicyclic) bond motifs is 2. The molecule has 0 bridgehead atoms. The van der Waals surface area contributed by atoms with Crippen molar-refractivity contribution in [3.8, 4) is 11.5 Å². The van der Waals surface area contributed by atoms with Crippen LogP contribution in [0.1, 0.15) is 33.2 Å². The summed E-state index contributed by atoms with van der Waals surface area (Å²) in [6.07, 6.45) is 0. The van der Waals surface area contributed by atoms with Gasteiger partial charge in [0.05, 0.1) is 11.1 Å². The monoisotopic (exact) mass is 407 g/mol. The molecule has 5 amide bonds. The molecule has 0 aliphatic carbocycles. The number of imide groups is 2. The van der Waals surface area contributed by atoms with E-state index in [1.165, 1.54) is 0 Å². The van der Waals surface area contributed by atoms with E-state index in [-0.39, 0.29) is 19.9 Å². The van der Waals surface area contributed by atoms with Crippen molar-refractivity contribution < 1.29 is 28.7 Å². The zero-order chi connectivity index (χ0) is 21.0. The Kier molecular flexibility index (Phi) is 3.82. The minimum atomic E-state index is -1.29. The molecule has 2 aromatic carbocycles. The van der Waals surface area contributed by atoms with Crippen molar-refractivity contribution in [2.24, 2.45) is 0 Å². The maximum Gasteiger partial charge on any atom is 0.325 e. The van der Waals surface area contributed by atoms with Crippen LogP contribution in [-0.4, -0.2) is 53.4 Å². The van der Waals surface area contributed by atoms with Gasteiger partial charge in [-0.05, 0) is 36.8 Å². The van der Waals surface area contributed by atoms with Gasteiger partial charge in [-0.3, -0.25) is 24.2 Å². The molecular weight excluding hydrogens is 390 g/mol. The van der Waals surface area contributed by atoms with Gasteiger partial charge in [-0.1, -0.05) is 18.2 Å². The van der Waals surface area contributed by atoms with Crippen molar-refractivity contribution in [2.75, 3.05) is 19.9 Å². The fraction of sp³-hybridized carbons (Fsp3) is 0.238. The van der Waals surface area contributed by atoms with Crippen molar-refractivity contribution in [1.29, 1.82) is 0 Å². The minimum Gasteiger partial charge on any atom is -0.454 e. The Labute approximate surface area is 171 Å². The molecule has 9 nitrogen and oxygen atoms in total. The number of hydrogen-bond donors (Lipinski definition) is 1. The van der Waals surface area contributed by atoms with Crippen molar-refractivity contribution in [3.63, 3.8) is 0 Å². The van der Waals surface area contributed by atoms with Gasteiger partial charge in [0.1, 0.15) is 5.54 Å². The third-order valence-corrected chi connectivity index (χ3v) is 5.65. The lowest BCUT2D eigenvalue weighted by Gasteiger charge is -2.23. The van der Waals surface area contributed by atoms with E-state index in [1.54, 1.807) is 49.4 Å². The summed E-state index contributed by atoms with van der Waals surface area (Å²) in [6.45, 7) is 1.52. The highest BCUT2D eigenvalue weighted by Crippen LogP contribution is 2.37. The van der Waals surface area contributed by atoms with Gasteiger partial charge in [0.25, 0.3) is 17.7 Å². The van der Waals surface area contributed by atoms with Crippen LogP contribution in [0.5, 0.6) is 11.5 Å². The fourth-order valence-electron chi connectivity index (χ4n) is 3.95. The molecule has 0 spiro atoms. The number of amides is 5. The molecule has 0 radical (unpaired) electrons. The van der Waals surface area contributed by atoms with Gasteiger partial charge in [0.15, 0.2) is 11.5 Å². The van der Waals surface area contributed by atoms with Crippen LogP contribution in [0.25, 0.3) is 0 Å². The zero-order valence-electron chi connectivity index (χ0n) is 16.0. The van der Waals surface area contributed by atoms with Crippen LogP contribution < -0.4 is 14.8 Å². The van der Waals surface area contributed by atoms with Crippen LogP contribution in [0, 0.1) is 0 Å². The number of ether oxygens (including phenoxy) is 2. The van der Waals surface area contributed by atoms with Crippen LogP contribution in [0.4, 0.5) is 4.79 Å². The quantitative estimate of drug-likeness (QED) is 0.608. The second-order valence-corrected chi connectivity index (χ2v) is 7.39. The van der Waals surface area contributed by atoms with Gasteiger partial charge in [0, 0.05) is 13.1 Å². The number of carbonyl (C=O) groups is 4. The van der Waals surface area contributed by atoms with E-state index >= 15 is 0 Å². The Hall–Kier alpha value is -3.88. The first-order valence-electron chi connectivity index (χ1n) is 9.39. The lowest BCUT2D eigenvalue weighted by atomic mass is 9.91. The third-order valence-electron chi connectivity index (χ3n) is 5.65. The first kappa shape index (κ1) is 18.2. The summed E-state index contributed by atoms with van der Waals surface area (Å²) in [6, 6.07) is 11.0. The Bertz CT molecular complexity index is 1090. The average molecular weight is 407 g/mol. The van der Waals surface area contributed by atoms with Crippen molar-refractivity contribution in [2.45, 2.75) is 12.5 Å². The lowest BCUT2D eigenvalue weighted by Crippen LogP contribution is -2.43. The molecule has 1 atom stereocenters. The van der Waals surface area contributed by atoms with Crippen molar-refractivity contribution >= 4 is 23.8 Å². The summed E-state index contributed by atoms with van der Waals surface area (Å²) in [5.41, 5.74) is -0.0943. The van der Waals surface area contributed by atoms with Crippen LogP contribution in [-0.2, 0) is 10.3 Å². The molecule has 5 rings (SSSR count). The summed E-state index contributed by atoms with van der Waals surface area (Å²) in [5.74, 6) is -0.257. The predicted octanol–water partition coefficient (Wildman–Crippen LogP) is 1.48. The van der Waals surface area contributed by atoms with Crippen LogP contribution >= 0.6 is 0 Å². The number of nitrogens with zero attached hydrogens (tertiary/aromatic N) is 2. The number of hydrogen-bond acceptors (Lipinski definition) is 6. The number of rotatable bonds is 4. The molecule has 30 heavy (non-hydrogen) atoms. The summed E-state index contributed by atoms with van der Waals surface area (Å²) in [4.78, 5) is 52.7. The molecule has 3 aliphatic rings. The fourth-order valence-corrected chi connectivity index (χ4v) is 3.95. The predicted molar refractivity (Wildman–Crippen MR) is 102 cm³/mol. The molecule has 152 valence electrons. The van der Waals surface area contributed by atoms with Gasteiger partial charge in [-0.2, -0.15) is 0 Å². The van der Waals surface area contributed by atoms with E-state index in [1.807, 2.05) is 0 Å². The first-order valence-corrected chi connectivity index (χ1v) is 9.39. The lowest BCUT2D eigenvalue weighted by molar-refractivity contribution is -0.131. The van der Waals surface area contributed by atoms with Crippen LogP contribution in [0.2, 0.25) is 0 Å². The van der Waals surface area contributed by atoms with E-state index in [9.17, 15) is 19.2 Å². The Morgan fingerprint density at radius 3 is 2.23 bits per heavy atom. The number of carbonyl (C=O) groups excluding carboxylic acids is 4. The van der Waals surface area contributed by atoms with Gasteiger partial charge >= 0.3 is 6.03 Å². The molecule has 1 N–H and O–H groups in total. The maximum atomic E-state index is 13.1. The molecule has 3 heterocycles. The third kappa shape index (κ3) is 2.48. The summed E-state index contributed by atoms with van der Waals surface area (Å²) in [7, 11) is 0. The van der Waals surface area contributed by atoms with Gasteiger partial charge in [-0.15, -0.1) is 0 Å². The molecule has 9 heteroatoms. The molecule has 1 unspecified atom stereocenters. The Morgan fingerprint density at radius 1 is 0.900 bits per heavy atom. The molecular formula is C21H17N3O6. The summed E-state index contributed by atoms with van der Waals surface area (Å²) < 4.78 is 10.6. The van der Waals surface area contributed by atoms with E-state index in [4.69, 9.17) is 9.47 Å². The standard InChI is InChI=1S/C21H17N3O6/c1-21(12-6-7-15-16(10-12)30-11-29-15)19(27)24(20(28)22-21)9-8-23-17(25)13-4-2-3-5-14(13)18(23)26/h2-7,10H,8-9,11H2,1H3,(H,22,28). The first-order chi connectivity index (χ1) is 14.4. The second-order valence-electron chi connectivity index (χ2n) is 7.39. The largest absolute Gasteiger partial charge is 0.454 e. The summed E-state index contributed by atoms with van der Waals surface area (Å²) >= 11 is 0. The van der Waals surface area contributed by atoms with Gasteiger partial charge < -0.3 is 14.8 Å². The van der Waals surface area contributed by atoms with Crippen LogP contribution in [0.15, 0.2) is 42.5 Å². The molecule has 0 aromatic heterocycles. The van der Waals surface area contributed by atoms with Crippen molar-refractivity contribution in [1.82, 2.24) is 15.1 Å². The van der Waals surface area contributed by atoms with Gasteiger partial charge in [0.2, 0.25) is 6.79 Å². The molecule has 1 fully saturated rings. The summed E-state index contributed by atoms with van der Waals surface area (Å²) in [5, 5.41) is 2.71. The topological polar surface area (TPSA) is 105 Å². The van der Waals surface area contributed by atoms with E-state index < -0.39 is 29.3 Å². The highest BCUT2D eigenvalue weighted by Gasteiger charge is 2.49. The molecule has 1 saturated heterocycles. The highest BCUT2D eigenvalue weighted by molar-refractivity contribution is 6.21. The van der Waals surface area contributed by atoms with Gasteiger partial charge in [-0.25, -0.2) is 4.79 Å². The average Bonchev–Trinajstić information content (AvgIpc) is 3.37. The maximum absolute atomic E-state index is 13.1. The minimum absolute atomic E-state index is 0.0806. The molecule has 2 aromatic rings. The number of nitrogens with one attached hydrogen (secondary N) is 1. The van der Waals surface area contributed by atoms with E-state index in [0.717, 1.165) is 9.80 Å². The van der Waals surface area contributed by atoms with Crippen molar-refractivity contribution in [3.05, 3.63) is 59.2 Å². The number of urea groups is 1. The molecule has 0 saturated carbocycles. The Balaban J connectivity index is 1.34. The second kappa shape index (κ2) is 6.31. The highest BCUT2D eigenvalue weighted by atomic mass is 16.7. The van der Waals surface area contributed by atoms with E-state index in [0.29, 0.717) is 28.2 Å². The van der Waals surface area contributed by atoms with E-state index in [2.05, 4.69) is 5.32 Å². The number of benzene rings is 2. The van der Waals surface area contributed by atoms with Crippen LogP contribution in [0.3, 0.4) is 0 Å². The normalized spacial score (nSPS) is 22.0. The molecule has 3 aliphatic heterocycles. The zero-order valence-corrected chi connectivity index (χ0v) is 16.0. The SMILES string of the molecule is CC1(c2ccc3c(c2)OCO3)NC(=O)N(CCN2C(=O)c3ccccc3C2=O)C1=O. The Morgan fingerprint density at radius 2 is 1.53 bits per heavy atom.